The van der Waals surface area contributed by atoms with Gasteiger partial charge in [-0.1, -0.05) is 31.5 Å². The van der Waals surface area contributed by atoms with Crippen LogP contribution >= 0.6 is 11.6 Å². The van der Waals surface area contributed by atoms with E-state index in [1.807, 2.05) is 13.8 Å². The largest absolute Gasteiger partial charge is 0.342 e. The van der Waals surface area contributed by atoms with Gasteiger partial charge in [-0.3, -0.25) is 14.4 Å². The Labute approximate surface area is 145 Å². The predicted molar refractivity (Wildman–Crippen MR) is 89.6 cm³/mol. The molecule has 0 aromatic heterocycles. The minimum Gasteiger partial charge on any atom is -0.342 e. The zero-order valence-corrected chi connectivity index (χ0v) is 14.4. The quantitative estimate of drug-likeness (QED) is 0.870. The molecule has 1 aromatic carbocycles. The van der Waals surface area contributed by atoms with Crippen molar-refractivity contribution in [1.29, 1.82) is 0 Å². The third-order valence-corrected chi connectivity index (χ3v) is 4.79. The Morgan fingerprint density at radius 3 is 2.71 bits per heavy atom. The summed E-state index contributed by atoms with van der Waals surface area (Å²) >= 11 is 5.94. The number of amides is 3. The summed E-state index contributed by atoms with van der Waals surface area (Å²) in [5.41, 5.74) is 0.485. The van der Waals surface area contributed by atoms with Crippen molar-refractivity contribution in [1.82, 2.24) is 15.1 Å². The maximum Gasteiger partial charge on any atom is 0.254 e. The Morgan fingerprint density at radius 1 is 1.29 bits per heavy atom. The third-order valence-electron chi connectivity index (χ3n) is 4.56. The number of hydrogen-bond acceptors (Lipinski definition) is 3. The van der Waals surface area contributed by atoms with Crippen LogP contribution in [0.5, 0.6) is 0 Å². The topological polar surface area (TPSA) is 69.7 Å². The van der Waals surface area contributed by atoms with E-state index in [1.54, 1.807) is 34.1 Å². The molecule has 2 heterocycles. The number of fused-ring (bicyclic) bond motifs is 1. The van der Waals surface area contributed by atoms with Crippen LogP contribution in [-0.2, 0) is 9.59 Å². The van der Waals surface area contributed by atoms with Gasteiger partial charge in [-0.05, 0) is 24.1 Å². The average molecular weight is 350 g/mol. The van der Waals surface area contributed by atoms with Gasteiger partial charge in [-0.15, -0.1) is 0 Å². The second-order valence-electron chi connectivity index (χ2n) is 6.54. The van der Waals surface area contributed by atoms with Gasteiger partial charge in [0, 0.05) is 23.7 Å². The summed E-state index contributed by atoms with van der Waals surface area (Å²) in [7, 11) is 0. The van der Waals surface area contributed by atoms with E-state index in [9.17, 15) is 14.4 Å². The molecule has 2 aliphatic heterocycles. The molecule has 0 saturated carbocycles. The number of piperazine rings is 2. The lowest BCUT2D eigenvalue weighted by molar-refractivity contribution is -0.153. The molecule has 7 heteroatoms. The van der Waals surface area contributed by atoms with Crippen LogP contribution in [0.15, 0.2) is 24.3 Å². The van der Waals surface area contributed by atoms with Crippen LogP contribution < -0.4 is 5.32 Å². The molecule has 0 aliphatic carbocycles. The van der Waals surface area contributed by atoms with Gasteiger partial charge >= 0.3 is 0 Å². The molecular formula is C17H20ClN3O3. The van der Waals surface area contributed by atoms with Crippen LogP contribution in [-0.4, -0.2) is 59.2 Å². The van der Waals surface area contributed by atoms with Gasteiger partial charge in [0.2, 0.25) is 11.8 Å². The van der Waals surface area contributed by atoms with Gasteiger partial charge < -0.3 is 15.1 Å². The highest BCUT2D eigenvalue weighted by Gasteiger charge is 2.45. The van der Waals surface area contributed by atoms with E-state index in [1.165, 1.54) is 0 Å². The minimum absolute atomic E-state index is 0.0357. The van der Waals surface area contributed by atoms with Crippen LogP contribution in [0, 0.1) is 5.92 Å². The Kier molecular flexibility index (Phi) is 4.49. The van der Waals surface area contributed by atoms with E-state index in [-0.39, 0.29) is 30.2 Å². The standard InChI is InChI=1S/C17H20ClN3O3/c1-10(2)14-17(24)21-7-6-20(9-13(21)15(22)19-14)16(23)11-4-3-5-12(18)8-11/h3-5,8,10,13-14H,6-7,9H2,1-2H3,(H,19,22)/t13-,14-/m1/s1. The van der Waals surface area contributed by atoms with Gasteiger partial charge in [0.15, 0.2) is 0 Å². The molecule has 24 heavy (non-hydrogen) atoms. The third kappa shape index (κ3) is 2.98. The van der Waals surface area contributed by atoms with Gasteiger partial charge in [-0.2, -0.15) is 0 Å². The SMILES string of the molecule is CC(C)[C@H]1NC(=O)[C@H]2CN(C(=O)c3cccc(Cl)c3)CCN2C1=O. The van der Waals surface area contributed by atoms with E-state index >= 15 is 0 Å². The Bertz CT molecular complexity index is 691. The molecule has 2 atom stereocenters. The first-order valence-electron chi connectivity index (χ1n) is 8.04. The Balaban J connectivity index is 1.76. The molecule has 6 nitrogen and oxygen atoms in total. The van der Waals surface area contributed by atoms with Crippen molar-refractivity contribution in [3.8, 4) is 0 Å². The molecule has 0 radical (unpaired) electrons. The van der Waals surface area contributed by atoms with Crippen molar-refractivity contribution in [2.24, 2.45) is 5.92 Å². The van der Waals surface area contributed by atoms with Crippen molar-refractivity contribution < 1.29 is 14.4 Å². The zero-order valence-electron chi connectivity index (χ0n) is 13.7. The maximum absolute atomic E-state index is 12.6. The zero-order chi connectivity index (χ0) is 17.4. The Morgan fingerprint density at radius 2 is 2.04 bits per heavy atom. The molecule has 1 N–H and O–H groups in total. The molecule has 0 unspecified atom stereocenters. The van der Waals surface area contributed by atoms with E-state index in [0.29, 0.717) is 23.7 Å². The fraction of sp³-hybridized carbons (Fsp3) is 0.471. The molecule has 1 aromatic rings. The molecule has 128 valence electrons. The molecule has 0 bridgehead atoms. The second-order valence-corrected chi connectivity index (χ2v) is 6.98. The first-order valence-corrected chi connectivity index (χ1v) is 8.42. The van der Waals surface area contributed by atoms with Crippen molar-refractivity contribution in [3.63, 3.8) is 0 Å². The molecule has 2 saturated heterocycles. The van der Waals surface area contributed by atoms with Crippen LogP contribution in [0.3, 0.4) is 0 Å². The number of benzene rings is 1. The molecule has 3 amide bonds. The van der Waals surface area contributed by atoms with E-state index in [4.69, 9.17) is 11.6 Å². The second kappa shape index (κ2) is 6.43. The van der Waals surface area contributed by atoms with Crippen LogP contribution in [0.4, 0.5) is 0 Å². The van der Waals surface area contributed by atoms with Crippen LogP contribution in [0.25, 0.3) is 0 Å². The monoisotopic (exact) mass is 349 g/mol. The molecule has 0 spiro atoms. The maximum atomic E-state index is 12.6. The number of hydrogen-bond donors (Lipinski definition) is 1. The highest BCUT2D eigenvalue weighted by atomic mass is 35.5. The van der Waals surface area contributed by atoms with Crippen molar-refractivity contribution in [3.05, 3.63) is 34.9 Å². The fourth-order valence-electron chi connectivity index (χ4n) is 3.20. The van der Waals surface area contributed by atoms with E-state index in [2.05, 4.69) is 5.32 Å². The summed E-state index contributed by atoms with van der Waals surface area (Å²) < 4.78 is 0. The van der Waals surface area contributed by atoms with Gasteiger partial charge in [0.1, 0.15) is 12.1 Å². The average Bonchev–Trinajstić information content (AvgIpc) is 2.56. The normalized spacial score (nSPS) is 24.0. The smallest absolute Gasteiger partial charge is 0.254 e. The van der Waals surface area contributed by atoms with Gasteiger partial charge in [0.05, 0.1) is 6.54 Å². The number of carbonyl (C=O) groups excluding carboxylic acids is 3. The van der Waals surface area contributed by atoms with Crippen molar-refractivity contribution in [2.75, 3.05) is 19.6 Å². The van der Waals surface area contributed by atoms with Gasteiger partial charge in [0.25, 0.3) is 5.91 Å². The van der Waals surface area contributed by atoms with Crippen molar-refractivity contribution >= 4 is 29.3 Å². The van der Waals surface area contributed by atoms with Crippen LogP contribution in [0.2, 0.25) is 5.02 Å². The highest BCUT2D eigenvalue weighted by molar-refractivity contribution is 6.30. The summed E-state index contributed by atoms with van der Waals surface area (Å²) in [4.78, 5) is 40.7. The fourth-order valence-corrected chi connectivity index (χ4v) is 3.39. The van der Waals surface area contributed by atoms with Crippen molar-refractivity contribution in [2.45, 2.75) is 25.9 Å². The molecule has 2 fully saturated rings. The predicted octanol–water partition coefficient (Wildman–Crippen LogP) is 1.15. The van der Waals surface area contributed by atoms with E-state index < -0.39 is 12.1 Å². The van der Waals surface area contributed by atoms with Gasteiger partial charge in [-0.25, -0.2) is 0 Å². The number of halogens is 1. The molecule has 2 aliphatic rings. The lowest BCUT2D eigenvalue weighted by Crippen LogP contribution is -2.70. The first-order chi connectivity index (χ1) is 11.4. The van der Waals surface area contributed by atoms with E-state index in [0.717, 1.165) is 0 Å². The summed E-state index contributed by atoms with van der Waals surface area (Å²) in [6.07, 6.45) is 0. The molecule has 3 rings (SSSR count). The lowest BCUT2D eigenvalue weighted by Gasteiger charge is -2.46. The van der Waals surface area contributed by atoms with Crippen LogP contribution in [0.1, 0.15) is 24.2 Å². The summed E-state index contributed by atoms with van der Waals surface area (Å²) in [5.74, 6) is -0.404. The summed E-state index contributed by atoms with van der Waals surface area (Å²) in [5, 5.41) is 3.27. The molecular weight excluding hydrogens is 330 g/mol. The summed E-state index contributed by atoms with van der Waals surface area (Å²) in [6, 6.07) is 5.62. The number of nitrogens with one attached hydrogen (secondary N) is 1. The summed E-state index contributed by atoms with van der Waals surface area (Å²) in [6.45, 7) is 4.79. The number of nitrogens with zero attached hydrogens (tertiary/aromatic N) is 2. The highest BCUT2D eigenvalue weighted by Crippen LogP contribution is 2.21. The first kappa shape index (κ1) is 16.8. The Hall–Kier alpha value is -2.08. The number of rotatable bonds is 2. The lowest BCUT2D eigenvalue weighted by atomic mass is 9.96. The minimum atomic E-state index is -0.621. The number of carbonyl (C=O) groups is 3.